The summed E-state index contributed by atoms with van der Waals surface area (Å²) >= 11 is 1.32. The highest BCUT2D eigenvalue weighted by Crippen LogP contribution is 2.46. The summed E-state index contributed by atoms with van der Waals surface area (Å²) in [7, 11) is 1.55. The number of anilines is 1. The Kier molecular flexibility index (Phi) is 7.62. The number of benzene rings is 2. The van der Waals surface area contributed by atoms with Gasteiger partial charge in [-0.2, -0.15) is 0 Å². The van der Waals surface area contributed by atoms with Crippen LogP contribution in [0.1, 0.15) is 54.7 Å². The molecule has 1 fully saturated rings. The molecule has 10 heteroatoms. The molecule has 4 heterocycles. The molecule has 1 aliphatic rings. The number of unbranched alkanes of at least 4 members (excludes halogenated alkanes) is 2. The number of aromatic nitrogens is 3. The van der Waals surface area contributed by atoms with Gasteiger partial charge in [0.25, 0.3) is 5.78 Å². The third-order valence-electron chi connectivity index (χ3n) is 7.62. The molecule has 6 rings (SSSR count). The number of imidazole rings is 1. The van der Waals surface area contributed by atoms with Crippen molar-refractivity contribution in [1.82, 2.24) is 14.4 Å². The fraction of sp³-hybridized carbons (Fsp3) is 0.273. The number of thiazole rings is 1. The molecule has 0 radical (unpaired) electrons. The third-order valence-corrected chi connectivity index (χ3v) is 8.64. The Morgan fingerprint density at radius 1 is 1.02 bits per heavy atom. The molecule has 220 valence electrons. The number of hydrogen-bond acceptors (Lipinski definition) is 8. The van der Waals surface area contributed by atoms with Gasteiger partial charge in [-0.05, 0) is 67.8 Å². The average Bonchev–Trinajstić information content (AvgIpc) is 3.65. The van der Waals surface area contributed by atoms with Crippen LogP contribution in [0, 0.1) is 13.8 Å². The first-order valence-electron chi connectivity index (χ1n) is 14.2. The van der Waals surface area contributed by atoms with Gasteiger partial charge in [0.2, 0.25) is 0 Å². The molecule has 3 aromatic heterocycles. The zero-order valence-electron chi connectivity index (χ0n) is 24.5. The Morgan fingerprint density at radius 3 is 2.65 bits per heavy atom. The van der Waals surface area contributed by atoms with E-state index in [2.05, 4.69) is 11.9 Å². The molecule has 2 aromatic carbocycles. The standard InChI is InChI=1S/C33H32N4O5S/c1-5-6-9-16-42-23-14-12-21(18-24(23)41-4)29-27(30(38)28-20(3)34-26-10-7-8-15-36(26)28)31(39)32(40)37(29)33-35-22-13-11-19(2)17-25(22)43-33/h7-8,10-15,17-18,29,38H,5-6,9,16H2,1-4H3/b30-27+. The Bertz CT molecular complexity index is 1910. The molecule has 1 saturated heterocycles. The van der Waals surface area contributed by atoms with E-state index in [4.69, 9.17) is 14.5 Å². The minimum Gasteiger partial charge on any atom is -0.505 e. The predicted molar refractivity (Wildman–Crippen MR) is 167 cm³/mol. The lowest BCUT2D eigenvalue weighted by molar-refractivity contribution is -0.132. The molecule has 9 nitrogen and oxygen atoms in total. The maximum Gasteiger partial charge on any atom is 0.301 e. The number of methoxy groups -OCH3 is 1. The van der Waals surface area contributed by atoms with Crippen molar-refractivity contribution in [3.8, 4) is 11.5 Å². The van der Waals surface area contributed by atoms with Gasteiger partial charge in [0.15, 0.2) is 22.4 Å². The van der Waals surface area contributed by atoms with E-state index in [1.54, 1.807) is 42.8 Å². The second kappa shape index (κ2) is 11.5. The number of pyridine rings is 1. The largest absolute Gasteiger partial charge is 0.505 e. The Labute approximate surface area is 253 Å². The van der Waals surface area contributed by atoms with Crippen LogP contribution in [0.25, 0.3) is 21.6 Å². The normalized spacial score (nSPS) is 16.5. The number of rotatable bonds is 9. The summed E-state index contributed by atoms with van der Waals surface area (Å²) < 4.78 is 14.3. The maximum absolute atomic E-state index is 13.8. The van der Waals surface area contributed by atoms with Crippen LogP contribution < -0.4 is 14.4 Å². The van der Waals surface area contributed by atoms with E-state index in [0.717, 1.165) is 35.0 Å². The molecule has 43 heavy (non-hydrogen) atoms. The van der Waals surface area contributed by atoms with E-state index in [9.17, 15) is 14.7 Å². The van der Waals surface area contributed by atoms with Crippen molar-refractivity contribution in [3.63, 3.8) is 0 Å². The zero-order valence-corrected chi connectivity index (χ0v) is 25.3. The van der Waals surface area contributed by atoms with Crippen LogP contribution in [0.15, 0.2) is 66.4 Å². The number of ether oxygens (including phenoxy) is 2. The van der Waals surface area contributed by atoms with Crippen LogP contribution in [0.2, 0.25) is 0 Å². The lowest BCUT2D eigenvalue weighted by atomic mass is 9.96. The molecule has 1 N–H and O–H groups in total. The quantitative estimate of drug-likeness (QED) is 0.0867. The van der Waals surface area contributed by atoms with Gasteiger partial charge in [-0.15, -0.1) is 0 Å². The number of carbonyl (C=O) groups excluding carboxylic acids is 2. The van der Waals surface area contributed by atoms with E-state index in [-0.39, 0.29) is 11.3 Å². The van der Waals surface area contributed by atoms with Gasteiger partial charge in [-0.1, -0.05) is 49.3 Å². The average molecular weight is 597 g/mol. The van der Waals surface area contributed by atoms with Crippen molar-refractivity contribution in [3.05, 3.63) is 88.9 Å². The summed E-state index contributed by atoms with van der Waals surface area (Å²) in [6.07, 6.45) is 4.81. The highest BCUT2D eigenvalue weighted by atomic mass is 32.1. The Hall–Kier alpha value is -4.70. The fourth-order valence-corrected chi connectivity index (χ4v) is 6.59. The van der Waals surface area contributed by atoms with Crippen LogP contribution in [0.5, 0.6) is 11.5 Å². The molecule has 1 amide bonds. The molecule has 0 aliphatic carbocycles. The highest BCUT2D eigenvalue weighted by molar-refractivity contribution is 7.22. The second-order valence-corrected chi connectivity index (χ2v) is 11.6. The first-order chi connectivity index (χ1) is 20.8. The van der Waals surface area contributed by atoms with E-state index < -0.39 is 17.7 Å². The number of aryl methyl sites for hydroxylation is 2. The number of fused-ring (bicyclic) bond motifs is 2. The molecule has 1 aliphatic heterocycles. The number of nitrogens with zero attached hydrogens (tertiary/aromatic N) is 4. The van der Waals surface area contributed by atoms with E-state index >= 15 is 0 Å². The molecule has 5 aromatic rings. The minimum absolute atomic E-state index is 0.0483. The number of aliphatic hydroxyl groups excluding tert-OH is 1. The van der Waals surface area contributed by atoms with Crippen LogP contribution >= 0.6 is 11.3 Å². The summed E-state index contributed by atoms with van der Waals surface area (Å²) in [4.78, 5) is 38.3. The van der Waals surface area contributed by atoms with Gasteiger partial charge < -0.3 is 14.6 Å². The van der Waals surface area contributed by atoms with Crippen molar-refractivity contribution >= 4 is 49.8 Å². The number of aliphatic hydroxyl groups is 1. The predicted octanol–water partition coefficient (Wildman–Crippen LogP) is 6.76. The monoisotopic (exact) mass is 596 g/mol. The number of ketones is 1. The molecule has 1 atom stereocenters. The molecular weight excluding hydrogens is 564 g/mol. The zero-order chi connectivity index (χ0) is 30.2. The van der Waals surface area contributed by atoms with Gasteiger partial charge in [-0.3, -0.25) is 18.9 Å². The smallest absolute Gasteiger partial charge is 0.301 e. The number of Topliss-reactive ketones (excluding diaryl/α,β-unsaturated/α-hetero) is 1. The van der Waals surface area contributed by atoms with Gasteiger partial charge in [0, 0.05) is 6.20 Å². The van der Waals surface area contributed by atoms with Crippen molar-refractivity contribution in [2.45, 2.75) is 46.1 Å². The van der Waals surface area contributed by atoms with Crippen LogP contribution in [0.3, 0.4) is 0 Å². The van der Waals surface area contributed by atoms with E-state index in [1.165, 1.54) is 16.2 Å². The van der Waals surface area contributed by atoms with E-state index in [0.29, 0.717) is 45.8 Å². The SMILES string of the molecule is CCCCCOc1ccc(C2/C(=C(\O)c3c(C)nc4ccccn34)C(=O)C(=O)N2c2nc3ccc(C)cc3s2)cc1OC. The summed E-state index contributed by atoms with van der Waals surface area (Å²) in [5.41, 5.74) is 3.79. The molecule has 1 unspecified atom stereocenters. The lowest BCUT2D eigenvalue weighted by Crippen LogP contribution is -2.29. The topological polar surface area (TPSA) is 106 Å². The number of amides is 1. The van der Waals surface area contributed by atoms with Crippen molar-refractivity contribution in [2.75, 3.05) is 18.6 Å². The van der Waals surface area contributed by atoms with Crippen LogP contribution in [0.4, 0.5) is 5.13 Å². The minimum atomic E-state index is -0.974. The molecule has 0 spiro atoms. The van der Waals surface area contributed by atoms with Crippen molar-refractivity contribution in [1.29, 1.82) is 0 Å². The van der Waals surface area contributed by atoms with Crippen molar-refractivity contribution in [2.24, 2.45) is 0 Å². The molecular formula is C33H32N4O5S. The summed E-state index contributed by atoms with van der Waals surface area (Å²) in [6, 6.07) is 15.7. The van der Waals surface area contributed by atoms with Gasteiger partial charge in [0.05, 0.1) is 41.2 Å². The first kappa shape index (κ1) is 28.4. The Balaban J connectivity index is 1.54. The summed E-state index contributed by atoms with van der Waals surface area (Å²) in [5, 5.41) is 12.2. The first-order valence-corrected chi connectivity index (χ1v) is 15.1. The fourth-order valence-electron chi connectivity index (χ4n) is 5.50. The highest BCUT2D eigenvalue weighted by Gasteiger charge is 2.49. The van der Waals surface area contributed by atoms with Gasteiger partial charge >= 0.3 is 5.91 Å². The number of hydrogen-bond donors (Lipinski definition) is 1. The van der Waals surface area contributed by atoms with Gasteiger partial charge in [-0.25, -0.2) is 9.97 Å². The second-order valence-electron chi connectivity index (χ2n) is 10.6. The summed E-state index contributed by atoms with van der Waals surface area (Å²) in [6.45, 7) is 6.42. The summed E-state index contributed by atoms with van der Waals surface area (Å²) in [5.74, 6) is -0.856. The molecule has 0 saturated carbocycles. The number of carbonyl (C=O) groups is 2. The van der Waals surface area contributed by atoms with Crippen molar-refractivity contribution < 1.29 is 24.2 Å². The van der Waals surface area contributed by atoms with Gasteiger partial charge in [0.1, 0.15) is 11.3 Å². The maximum atomic E-state index is 13.8. The van der Waals surface area contributed by atoms with Crippen LogP contribution in [-0.4, -0.2) is 44.9 Å². The van der Waals surface area contributed by atoms with Crippen LogP contribution in [-0.2, 0) is 9.59 Å². The molecule has 0 bridgehead atoms. The lowest BCUT2D eigenvalue weighted by Gasteiger charge is -2.24. The van der Waals surface area contributed by atoms with E-state index in [1.807, 2.05) is 43.3 Å². The third kappa shape index (κ3) is 5.01. The Morgan fingerprint density at radius 2 is 1.86 bits per heavy atom.